The highest BCUT2D eigenvalue weighted by Gasteiger charge is 2.11. The average Bonchev–Trinajstić information content (AvgIpc) is 2.34. The third-order valence-corrected chi connectivity index (χ3v) is 3.55. The first-order valence-electron chi connectivity index (χ1n) is 7.41. The van der Waals surface area contributed by atoms with E-state index < -0.39 is 0 Å². The minimum atomic E-state index is 0.666. The van der Waals surface area contributed by atoms with Crippen molar-refractivity contribution in [1.82, 2.24) is 4.90 Å². The van der Waals surface area contributed by atoms with Crippen molar-refractivity contribution in [2.75, 3.05) is 6.54 Å². The fourth-order valence-corrected chi connectivity index (χ4v) is 2.56. The Kier molecular flexibility index (Phi) is 7.04. The van der Waals surface area contributed by atoms with Crippen LogP contribution in [0.25, 0.3) is 0 Å². The Balaban J connectivity index is 2.15. The molecule has 0 radical (unpaired) electrons. The fraction of sp³-hybridized carbons (Fsp3) is 0.647. The lowest BCUT2D eigenvalue weighted by Gasteiger charge is -2.30. The molecule has 0 amide bonds. The van der Waals surface area contributed by atoms with Crippen LogP contribution in [0.4, 0.5) is 0 Å². The molecule has 0 aromatic heterocycles. The Morgan fingerprint density at radius 1 is 0.833 bits per heavy atom. The molecule has 1 heteroatoms. The SMILES string of the molecule is CC(C)N(CCCCCc1ccccc1)C(C)C. The highest BCUT2D eigenvalue weighted by molar-refractivity contribution is 5.14. The minimum absolute atomic E-state index is 0.666. The van der Waals surface area contributed by atoms with Crippen LogP contribution in [0.15, 0.2) is 30.3 Å². The van der Waals surface area contributed by atoms with E-state index in [0.717, 1.165) is 0 Å². The summed E-state index contributed by atoms with van der Waals surface area (Å²) in [6.45, 7) is 10.4. The Hall–Kier alpha value is -0.820. The molecule has 0 heterocycles. The molecule has 1 nitrogen and oxygen atoms in total. The van der Waals surface area contributed by atoms with Gasteiger partial charge < -0.3 is 0 Å². The van der Waals surface area contributed by atoms with Gasteiger partial charge in [-0.05, 0) is 59.1 Å². The lowest BCUT2D eigenvalue weighted by atomic mass is 10.1. The van der Waals surface area contributed by atoms with Crippen LogP contribution in [-0.2, 0) is 6.42 Å². The van der Waals surface area contributed by atoms with E-state index in [0.29, 0.717) is 12.1 Å². The third kappa shape index (κ3) is 5.68. The predicted octanol–water partition coefficient (Wildman–Crippen LogP) is 4.52. The fourth-order valence-electron chi connectivity index (χ4n) is 2.56. The number of hydrogen-bond acceptors (Lipinski definition) is 1. The average molecular weight is 247 g/mol. The molecule has 0 spiro atoms. The van der Waals surface area contributed by atoms with Crippen LogP contribution in [0.2, 0.25) is 0 Å². The second kappa shape index (κ2) is 8.31. The first kappa shape index (κ1) is 15.2. The van der Waals surface area contributed by atoms with Gasteiger partial charge in [0, 0.05) is 12.1 Å². The lowest BCUT2D eigenvalue weighted by Crippen LogP contribution is -2.37. The van der Waals surface area contributed by atoms with Gasteiger partial charge in [0.05, 0.1) is 0 Å². The largest absolute Gasteiger partial charge is 0.299 e. The van der Waals surface area contributed by atoms with Crippen LogP contribution < -0.4 is 0 Å². The normalized spacial score (nSPS) is 11.7. The first-order chi connectivity index (χ1) is 8.61. The first-order valence-corrected chi connectivity index (χ1v) is 7.41. The molecule has 0 aliphatic rings. The molecule has 0 aliphatic carbocycles. The van der Waals surface area contributed by atoms with Crippen LogP contribution in [0.5, 0.6) is 0 Å². The van der Waals surface area contributed by atoms with Gasteiger partial charge >= 0.3 is 0 Å². The maximum atomic E-state index is 2.59. The molecule has 0 atom stereocenters. The summed E-state index contributed by atoms with van der Waals surface area (Å²) in [7, 11) is 0. The molecule has 0 fully saturated rings. The van der Waals surface area contributed by atoms with Crippen LogP contribution in [0.1, 0.15) is 52.5 Å². The topological polar surface area (TPSA) is 3.24 Å². The molecule has 0 saturated heterocycles. The summed E-state index contributed by atoms with van der Waals surface area (Å²) < 4.78 is 0. The van der Waals surface area contributed by atoms with Gasteiger partial charge in [-0.1, -0.05) is 36.8 Å². The number of nitrogens with zero attached hydrogens (tertiary/aromatic N) is 1. The molecule has 0 N–H and O–H groups in total. The second-order valence-electron chi connectivity index (χ2n) is 5.72. The van der Waals surface area contributed by atoms with E-state index in [4.69, 9.17) is 0 Å². The summed E-state index contributed by atoms with van der Waals surface area (Å²) in [6.07, 6.45) is 5.20. The van der Waals surface area contributed by atoms with Gasteiger partial charge in [-0.2, -0.15) is 0 Å². The molecule has 0 unspecified atom stereocenters. The van der Waals surface area contributed by atoms with Crippen molar-refractivity contribution in [2.45, 2.75) is 65.5 Å². The molecule has 102 valence electrons. The molecular formula is C17H29N. The number of unbranched alkanes of at least 4 members (excludes halogenated alkanes) is 2. The smallest absolute Gasteiger partial charge is 0.00412 e. The zero-order valence-corrected chi connectivity index (χ0v) is 12.5. The van der Waals surface area contributed by atoms with Gasteiger partial charge in [0.1, 0.15) is 0 Å². The quantitative estimate of drug-likeness (QED) is 0.611. The summed E-state index contributed by atoms with van der Waals surface area (Å²) in [4.78, 5) is 2.59. The number of hydrogen-bond donors (Lipinski definition) is 0. The van der Waals surface area contributed by atoms with E-state index in [1.165, 1.54) is 37.8 Å². The van der Waals surface area contributed by atoms with Gasteiger partial charge in [-0.15, -0.1) is 0 Å². The highest BCUT2D eigenvalue weighted by atomic mass is 15.2. The van der Waals surface area contributed by atoms with Crippen LogP contribution in [0.3, 0.4) is 0 Å². The van der Waals surface area contributed by atoms with Crippen molar-refractivity contribution in [2.24, 2.45) is 0 Å². The Labute approximate surface area is 113 Å². The third-order valence-electron chi connectivity index (χ3n) is 3.55. The molecule has 0 bridgehead atoms. The standard InChI is InChI=1S/C17H29N/c1-15(2)18(16(3)4)14-10-6-9-13-17-11-7-5-8-12-17/h5,7-8,11-12,15-16H,6,9-10,13-14H2,1-4H3. The van der Waals surface area contributed by atoms with E-state index in [1.54, 1.807) is 0 Å². The summed E-state index contributed by atoms with van der Waals surface area (Å²) in [5, 5.41) is 0. The zero-order valence-electron chi connectivity index (χ0n) is 12.5. The van der Waals surface area contributed by atoms with Crippen molar-refractivity contribution >= 4 is 0 Å². The summed E-state index contributed by atoms with van der Waals surface area (Å²) >= 11 is 0. The van der Waals surface area contributed by atoms with E-state index in [2.05, 4.69) is 62.9 Å². The summed E-state index contributed by atoms with van der Waals surface area (Å²) in [5.74, 6) is 0. The molecule has 1 aromatic carbocycles. The monoisotopic (exact) mass is 247 g/mol. The number of benzene rings is 1. The van der Waals surface area contributed by atoms with Gasteiger partial charge in [-0.25, -0.2) is 0 Å². The van der Waals surface area contributed by atoms with E-state index in [1.807, 2.05) is 0 Å². The number of aryl methyl sites for hydroxylation is 1. The molecule has 1 aromatic rings. The van der Waals surface area contributed by atoms with Gasteiger partial charge in [0.25, 0.3) is 0 Å². The predicted molar refractivity (Wildman–Crippen MR) is 81.0 cm³/mol. The summed E-state index contributed by atoms with van der Waals surface area (Å²) in [6, 6.07) is 12.2. The van der Waals surface area contributed by atoms with Crippen LogP contribution >= 0.6 is 0 Å². The van der Waals surface area contributed by atoms with E-state index >= 15 is 0 Å². The zero-order chi connectivity index (χ0) is 13.4. The molecule has 0 aliphatic heterocycles. The Morgan fingerprint density at radius 3 is 2.00 bits per heavy atom. The van der Waals surface area contributed by atoms with Crippen molar-refractivity contribution in [3.8, 4) is 0 Å². The maximum Gasteiger partial charge on any atom is 0.00412 e. The second-order valence-corrected chi connectivity index (χ2v) is 5.72. The highest BCUT2D eigenvalue weighted by Crippen LogP contribution is 2.10. The lowest BCUT2D eigenvalue weighted by molar-refractivity contribution is 0.171. The van der Waals surface area contributed by atoms with Crippen LogP contribution in [-0.4, -0.2) is 23.5 Å². The van der Waals surface area contributed by atoms with Crippen molar-refractivity contribution in [3.63, 3.8) is 0 Å². The Morgan fingerprint density at radius 2 is 1.44 bits per heavy atom. The Bertz CT molecular complexity index is 295. The van der Waals surface area contributed by atoms with Crippen molar-refractivity contribution in [1.29, 1.82) is 0 Å². The molecule has 1 rings (SSSR count). The van der Waals surface area contributed by atoms with Gasteiger partial charge in [0.2, 0.25) is 0 Å². The van der Waals surface area contributed by atoms with Crippen molar-refractivity contribution in [3.05, 3.63) is 35.9 Å². The van der Waals surface area contributed by atoms with Gasteiger partial charge in [-0.3, -0.25) is 4.90 Å². The maximum absolute atomic E-state index is 2.59. The van der Waals surface area contributed by atoms with Gasteiger partial charge in [0.15, 0.2) is 0 Å². The molecule has 18 heavy (non-hydrogen) atoms. The van der Waals surface area contributed by atoms with Crippen molar-refractivity contribution < 1.29 is 0 Å². The minimum Gasteiger partial charge on any atom is -0.299 e. The molecule has 0 saturated carbocycles. The number of rotatable bonds is 8. The molecular weight excluding hydrogens is 218 g/mol. The van der Waals surface area contributed by atoms with E-state index in [9.17, 15) is 0 Å². The summed E-state index contributed by atoms with van der Waals surface area (Å²) in [5.41, 5.74) is 1.47. The van der Waals surface area contributed by atoms with Crippen LogP contribution in [0, 0.1) is 0 Å². The van der Waals surface area contributed by atoms with E-state index in [-0.39, 0.29) is 0 Å².